The molecule has 1 aliphatic heterocycles. The van der Waals surface area contributed by atoms with Gasteiger partial charge in [-0.25, -0.2) is 9.59 Å². The molecule has 2 N–H and O–H groups in total. The summed E-state index contributed by atoms with van der Waals surface area (Å²) in [7, 11) is -4.19. The molecular weight excluding hydrogens is 1490 g/mol. The molecule has 11 rings (SSSR count). The van der Waals surface area contributed by atoms with Crippen LogP contribution in [0.2, 0.25) is 29.2 Å². The number of aliphatic hydroxyl groups excluding tert-OH is 2. The molecule has 4 bridgehead atoms. The molecule has 3 unspecified atom stereocenters. The minimum atomic E-state index is -2.98. The number of benzene rings is 4. The monoisotopic (exact) mass is 1610 g/mol. The van der Waals surface area contributed by atoms with Crippen molar-refractivity contribution in [2.75, 3.05) is 26.5 Å². The molecule has 528 valence electrons. The summed E-state index contributed by atoms with van der Waals surface area (Å²) in [6.45, 7) is 37.0. The molecule has 7 fully saturated rings. The summed E-state index contributed by atoms with van der Waals surface area (Å²) in [5.41, 5.74) is -2.44. The van der Waals surface area contributed by atoms with Crippen molar-refractivity contribution >= 4 is 78.4 Å². The first-order valence-corrected chi connectivity index (χ1v) is 43.9. The molecule has 6 saturated carbocycles. The van der Waals surface area contributed by atoms with Gasteiger partial charge in [0, 0.05) is 73.4 Å². The third kappa shape index (κ3) is 13.6. The second kappa shape index (κ2) is 30.6. The summed E-state index contributed by atoms with van der Waals surface area (Å²) in [5.74, 6) is -0.0609. The average Bonchev–Trinajstić information content (AvgIpc) is 1.60. The van der Waals surface area contributed by atoms with Crippen molar-refractivity contribution in [2.45, 2.75) is 235 Å². The molecule has 17 atom stereocenters. The predicted molar refractivity (Wildman–Crippen MR) is 396 cm³/mol. The van der Waals surface area contributed by atoms with Crippen LogP contribution in [0, 0.1) is 99.1 Å². The average molecular weight is 1610 g/mol. The number of rotatable bonds is 15. The molecule has 4 aromatic carbocycles. The van der Waals surface area contributed by atoms with E-state index < -0.39 is 59.4 Å². The summed E-state index contributed by atoms with van der Waals surface area (Å²) < 4.78 is 40.3. The maximum absolute atomic E-state index is 14.4. The van der Waals surface area contributed by atoms with Crippen molar-refractivity contribution in [1.29, 1.82) is 0 Å². The molecule has 0 spiro atoms. The maximum atomic E-state index is 14.4. The van der Waals surface area contributed by atoms with Crippen molar-refractivity contribution in [2.24, 2.45) is 68.0 Å². The van der Waals surface area contributed by atoms with Crippen LogP contribution in [0.1, 0.15) is 183 Å². The number of ether oxygens (including phenoxy) is 2. The zero-order chi connectivity index (χ0) is 70.9. The van der Waals surface area contributed by atoms with E-state index in [2.05, 4.69) is 185 Å². The molecule has 11 nitrogen and oxygen atoms in total. The third-order valence-corrected chi connectivity index (χ3v) is 39.0. The first-order valence-electron chi connectivity index (χ1n) is 36.8. The first-order chi connectivity index (χ1) is 45.3. The summed E-state index contributed by atoms with van der Waals surface area (Å²) in [4.78, 5) is 56.4. The fourth-order valence-electron chi connectivity index (χ4n) is 21.4. The van der Waals surface area contributed by atoms with Gasteiger partial charge in [0.15, 0.2) is 8.32 Å². The molecule has 0 radical (unpaired) electrons. The van der Waals surface area contributed by atoms with E-state index in [1.165, 1.54) is 7.40 Å². The molecule has 4 aromatic rings. The Morgan fingerprint density at radius 1 is 0.615 bits per heavy atom. The maximum Gasteiger partial charge on any atom is 0.331 e. The van der Waals surface area contributed by atoms with E-state index in [1.54, 1.807) is 0 Å². The Balaban J connectivity index is 0.000000258. The van der Waals surface area contributed by atoms with Crippen LogP contribution in [0.5, 0.6) is 0 Å². The van der Waals surface area contributed by atoms with Crippen molar-refractivity contribution in [1.82, 2.24) is 0 Å². The largest absolute Gasteiger partial charge is 0.460 e. The summed E-state index contributed by atoms with van der Waals surface area (Å²) in [5, 5.41) is 26.7. The van der Waals surface area contributed by atoms with Gasteiger partial charge >= 0.3 is 11.9 Å². The molecule has 1 heterocycles. The van der Waals surface area contributed by atoms with Crippen molar-refractivity contribution in [3.63, 3.8) is 0 Å². The van der Waals surface area contributed by atoms with Gasteiger partial charge in [-0.2, -0.15) is 0 Å². The van der Waals surface area contributed by atoms with Crippen LogP contribution in [0.4, 0.5) is 0 Å². The van der Waals surface area contributed by atoms with Gasteiger partial charge in [-0.15, -0.1) is 9.24 Å². The molecule has 0 amide bonds. The Morgan fingerprint density at radius 3 is 1.30 bits per heavy atom. The quantitative estimate of drug-likeness (QED) is 0.0664. The number of ketones is 2. The van der Waals surface area contributed by atoms with Gasteiger partial charge in [-0.1, -0.05) is 232 Å². The Labute approximate surface area is 609 Å². The summed E-state index contributed by atoms with van der Waals surface area (Å²) in [6, 6.07) is 42.4. The number of carbonyl (C=O) groups excluding carboxylic acids is 4. The number of carbonyl (C=O) groups is 4. The zero-order valence-corrected chi connectivity index (χ0v) is 70.1. The van der Waals surface area contributed by atoms with E-state index in [4.69, 9.17) is 24.1 Å². The van der Waals surface area contributed by atoms with E-state index in [-0.39, 0.29) is 131 Å². The minimum Gasteiger partial charge on any atom is -0.460 e. The fourth-order valence-corrected chi connectivity index (χ4v) is 33.9. The Bertz CT molecular complexity index is 3200. The smallest absolute Gasteiger partial charge is 0.331 e. The summed E-state index contributed by atoms with van der Waals surface area (Å²) in [6.07, 6.45) is 7.49. The number of Topliss-reactive ketones (excluding diaryl/α,β-unsaturated/α-hetero) is 2. The van der Waals surface area contributed by atoms with Gasteiger partial charge < -0.3 is 33.0 Å². The zero-order valence-electron chi connectivity index (χ0n) is 62.8. The van der Waals surface area contributed by atoms with Crippen molar-refractivity contribution in [3.8, 4) is 0 Å². The third-order valence-electron chi connectivity index (χ3n) is 26.6. The van der Waals surface area contributed by atoms with E-state index in [0.29, 0.717) is 37.4 Å². The molecule has 96 heavy (non-hydrogen) atoms. The van der Waals surface area contributed by atoms with Gasteiger partial charge in [0.25, 0.3) is 16.6 Å². The standard InChI is InChI=1S/C40H58O5Si2.C38H54O6Si.CH5P.CH4.U/c1-10-39-25-33(38(7)28(2)21-23-40(24-22-32(41)35(38)40)29(3)36(39)45-46(8,9)27-39)44-34(42)26-43-47(37(4,5)6,30-17-13-11-14-18-30)31-19-15-12-16-20-31;1-8-37(25-39)23-31(36(7)26(2)19-21-38(27(3)34(37)42)22-20-30(40)33(36)38)44-32(41)24-43-45(35(4,5)6,28-15-11-9-12-16-28)29-17-13-10-14-18-29;1-2;;/h11-20,28-29,33,35-36H,10,21-27H2,1-9H3;9-18,26-27,31,33-34,39,42H,8,19-25H2,1-7H3;2H2,1H3;1H4;/t28-,29+,33-,35?,36+,38+,39-,40+;26-,27+,31-,33?,34+,36+,37-,38+;;;/m11.../s1/i;;;1D;. The molecule has 1 saturated heterocycles. The molecule has 16 heteroatoms. The van der Waals surface area contributed by atoms with Gasteiger partial charge in [-0.05, 0) is 154 Å². The van der Waals surface area contributed by atoms with Crippen LogP contribution < -0.4 is 20.7 Å². The van der Waals surface area contributed by atoms with Crippen molar-refractivity contribution in [3.05, 3.63) is 121 Å². The molecule has 7 aliphatic rings. The topological polar surface area (TPSA) is 155 Å². The second-order valence-electron chi connectivity index (χ2n) is 33.2. The minimum absolute atomic E-state index is 0. The van der Waals surface area contributed by atoms with Gasteiger partial charge in [0.05, 0.1) is 18.8 Å². The molecular formula is C80H121O11PSi3U. The number of hydrogen-bond donors (Lipinski definition) is 2. The van der Waals surface area contributed by atoms with E-state index in [1.807, 2.05) is 62.1 Å². The number of hydrogen-bond acceptors (Lipinski definition) is 11. The number of aliphatic hydroxyl groups is 2. The number of esters is 2. The van der Waals surface area contributed by atoms with Gasteiger partial charge in [0.2, 0.25) is 0 Å². The van der Waals surface area contributed by atoms with Crippen LogP contribution in [0.25, 0.3) is 0 Å². The normalized spacial score (nSPS) is 34.6. The van der Waals surface area contributed by atoms with Gasteiger partial charge in [0.1, 0.15) is 37.0 Å². The SMILES string of the molecule is CC[C@]1(CO)C[C@@H](OC(=O)CO[Si](c2ccccc2)(c2ccccc2)C(C)(C)C)[C@@]2(C)C3C(=O)CC[C@@]3(CC[C@H]2C)[C@@H](C)[C@@H]1O.CC[C@]12C[C@@H](OC(=O)CO[Si](c3ccccc3)(c3ccccc3)C(C)(C)C)[C@@]3(C)C4C(=O)CC[C@@]4(CC[C@H]3C)[C@@H](C)[C@@H]1O[Si](C)(C)C2.CP.[2H]C.[U]. The Hall–Kier alpha value is -2.91. The van der Waals surface area contributed by atoms with E-state index in [9.17, 15) is 29.4 Å². The van der Waals surface area contributed by atoms with Crippen LogP contribution in [0.15, 0.2) is 121 Å². The van der Waals surface area contributed by atoms with Gasteiger partial charge in [-0.3, -0.25) is 9.59 Å². The summed E-state index contributed by atoms with van der Waals surface area (Å²) >= 11 is 0. The van der Waals surface area contributed by atoms with Crippen LogP contribution in [-0.4, -0.2) is 110 Å². The van der Waals surface area contributed by atoms with Crippen LogP contribution in [-0.2, 0) is 41.9 Å². The first kappa shape index (κ1) is 78.8. The fraction of sp³-hybridized carbons (Fsp3) is 0.650. The van der Waals surface area contributed by atoms with E-state index >= 15 is 0 Å². The second-order valence-corrected chi connectivity index (χ2v) is 46.0. The van der Waals surface area contributed by atoms with E-state index in [0.717, 1.165) is 78.2 Å². The predicted octanol–water partition coefficient (Wildman–Crippen LogP) is 14.7. The molecule has 6 aliphatic carbocycles. The van der Waals surface area contributed by atoms with Crippen molar-refractivity contribution < 1.29 is 84.6 Å². The van der Waals surface area contributed by atoms with Crippen LogP contribution in [0.3, 0.4) is 0 Å². The Kier molecular flexibility index (Phi) is 25.1. The number of fused-ring (bicyclic) bond motifs is 1. The van der Waals surface area contributed by atoms with Crippen LogP contribution >= 0.6 is 9.24 Å². The molecule has 0 aromatic heterocycles. The Morgan fingerprint density at radius 2 is 0.969 bits per heavy atom.